The number of nitrogens with zero attached hydrogens (tertiary/aromatic N) is 5. The van der Waals surface area contributed by atoms with Crippen molar-refractivity contribution in [1.82, 2.24) is 23.8 Å². The summed E-state index contributed by atoms with van der Waals surface area (Å²) in [5, 5.41) is 10.5. The molecule has 0 aliphatic carbocycles. The molecule has 0 radical (unpaired) electrons. The van der Waals surface area contributed by atoms with E-state index in [1.54, 1.807) is 10.6 Å². The zero-order chi connectivity index (χ0) is 24.4. The summed E-state index contributed by atoms with van der Waals surface area (Å²) >= 11 is 1.87. The van der Waals surface area contributed by atoms with Gasteiger partial charge in [0.25, 0.3) is 5.91 Å². The highest BCUT2D eigenvalue weighted by Gasteiger charge is 2.33. The van der Waals surface area contributed by atoms with Gasteiger partial charge in [-0.1, -0.05) is 36.2 Å². The van der Waals surface area contributed by atoms with Crippen molar-refractivity contribution in [2.24, 2.45) is 0 Å². The molecule has 3 aromatic heterocycles. The molecule has 0 atom stereocenters. The van der Waals surface area contributed by atoms with E-state index < -0.39 is 0 Å². The number of amides is 1. The molecule has 4 aromatic rings. The normalized spacial score (nSPS) is 14.3. The average molecular weight is 492 g/mol. The van der Waals surface area contributed by atoms with E-state index in [4.69, 9.17) is 4.52 Å². The van der Waals surface area contributed by atoms with Crippen LogP contribution in [0.15, 0.2) is 47.2 Å². The Labute approximate surface area is 208 Å². The largest absolute Gasteiger partial charge is 0.385 e. The van der Waals surface area contributed by atoms with Crippen LogP contribution < -0.4 is 10.6 Å². The molecule has 35 heavy (non-hydrogen) atoms. The van der Waals surface area contributed by atoms with Crippen LogP contribution in [0.2, 0.25) is 0 Å². The van der Waals surface area contributed by atoms with Crippen molar-refractivity contribution in [1.29, 1.82) is 0 Å². The van der Waals surface area contributed by atoms with Gasteiger partial charge in [0.1, 0.15) is 11.3 Å². The third-order valence-electron chi connectivity index (χ3n) is 5.99. The summed E-state index contributed by atoms with van der Waals surface area (Å²) < 4.78 is 9.67. The first-order chi connectivity index (χ1) is 17.1. The molecule has 10 heteroatoms. The lowest BCUT2D eigenvalue weighted by Gasteiger charge is -2.35. The third-order valence-corrected chi connectivity index (χ3v) is 7.24. The van der Waals surface area contributed by atoms with Gasteiger partial charge < -0.3 is 15.2 Å². The lowest BCUT2D eigenvalue weighted by atomic mass is 10.0. The van der Waals surface area contributed by atoms with Gasteiger partial charge in [0.15, 0.2) is 0 Å². The Balaban J connectivity index is 1.30. The van der Waals surface area contributed by atoms with E-state index in [2.05, 4.69) is 37.0 Å². The third kappa shape index (κ3) is 4.89. The average Bonchev–Trinajstić information content (AvgIpc) is 3.47. The van der Waals surface area contributed by atoms with E-state index >= 15 is 0 Å². The predicted molar refractivity (Wildman–Crippen MR) is 139 cm³/mol. The number of carbonyl (C=O) groups is 1. The number of carbonyl (C=O) groups excluding carboxylic acids is 1. The molecule has 1 aliphatic heterocycles. The van der Waals surface area contributed by atoms with Crippen molar-refractivity contribution in [3.05, 3.63) is 59.9 Å². The summed E-state index contributed by atoms with van der Waals surface area (Å²) in [6, 6.07) is 9.63. The number of pyridine rings is 1. The van der Waals surface area contributed by atoms with Crippen LogP contribution in [0.5, 0.6) is 0 Å². The molecule has 1 fully saturated rings. The van der Waals surface area contributed by atoms with E-state index in [-0.39, 0.29) is 11.8 Å². The summed E-state index contributed by atoms with van der Waals surface area (Å²) in [5.74, 6) is 2.37. The second kappa shape index (κ2) is 10.1. The monoisotopic (exact) mass is 491 g/mol. The molecule has 9 nitrogen and oxygen atoms in total. The van der Waals surface area contributed by atoms with Gasteiger partial charge in [-0.2, -0.15) is 4.98 Å². The van der Waals surface area contributed by atoms with Crippen LogP contribution in [-0.4, -0.2) is 55.1 Å². The lowest BCUT2D eigenvalue weighted by molar-refractivity contribution is 0.102. The Kier molecular flexibility index (Phi) is 6.74. The van der Waals surface area contributed by atoms with E-state index in [0.717, 1.165) is 48.6 Å². The maximum absolute atomic E-state index is 13.1. The topological polar surface area (TPSA) is 101 Å². The Morgan fingerprint density at radius 1 is 1.23 bits per heavy atom. The van der Waals surface area contributed by atoms with Crippen LogP contribution in [0.3, 0.4) is 0 Å². The molecule has 1 aliphatic rings. The summed E-state index contributed by atoms with van der Waals surface area (Å²) in [4.78, 5) is 22.1. The Bertz CT molecular complexity index is 1340. The standard InChI is InChI=1S/C25H29N7O2S/c1-4-10-35-31-14-18(15-31)25-29-23(30-34-25)17-7-6-16(3)20(11-17)28-24(33)21-13-27-22-12-19(26-5-2)8-9-32(21)22/h6-9,11-13,18,26H,4-5,10,14-15H2,1-3H3,(H,28,33). The fraction of sp³-hybridized carbons (Fsp3) is 0.360. The van der Waals surface area contributed by atoms with Gasteiger partial charge in [0, 0.05) is 54.6 Å². The fourth-order valence-electron chi connectivity index (χ4n) is 3.98. The molecule has 182 valence electrons. The number of aryl methyl sites for hydroxylation is 1. The highest BCUT2D eigenvalue weighted by Crippen LogP contribution is 2.33. The van der Waals surface area contributed by atoms with Gasteiger partial charge >= 0.3 is 0 Å². The van der Waals surface area contributed by atoms with Crippen molar-refractivity contribution in [3.63, 3.8) is 0 Å². The molecule has 1 amide bonds. The molecule has 4 heterocycles. The molecule has 2 N–H and O–H groups in total. The van der Waals surface area contributed by atoms with E-state index in [1.807, 2.05) is 62.3 Å². The van der Waals surface area contributed by atoms with Crippen LogP contribution >= 0.6 is 11.9 Å². The van der Waals surface area contributed by atoms with Gasteiger partial charge in [-0.25, -0.2) is 9.29 Å². The number of fused-ring (bicyclic) bond motifs is 1. The quantitative estimate of drug-likeness (QED) is 0.321. The number of hydrogen-bond acceptors (Lipinski definition) is 8. The number of imidazole rings is 1. The highest BCUT2D eigenvalue weighted by molar-refractivity contribution is 7.97. The molecular weight excluding hydrogens is 462 g/mol. The minimum absolute atomic E-state index is 0.234. The van der Waals surface area contributed by atoms with Gasteiger partial charge in [-0.15, -0.1) is 0 Å². The predicted octanol–water partition coefficient (Wildman–Crippen LogP) is 4.83. The smallest absolute Gasteiger partial charge is 0.274 e. The number of nitrogens with one attached hydrogen (secondary N) is 2. The van der Waals surface area contributed by atoms with Gasteiger partial charge in [-0.3, -0.25) is 9.20 Å². The van der Waals surface area contributed by atoms with Crippen LogP contribution in [0.1, 0.15) is 48.1 Å². The summed E-state index contributed by atoms with van der Waals surface area (Å²) in [7, 11) is 0. The second-order valence-electron chi connectivity index (χ2n) is 8.63. The molecular formula is C25H29N7O2S. The van der Waals surface area contributed by atoms with Crippen LogP contribution in [0.25, 0.3) is 17.0 Å². The number of aromatic nitrogens is 4. The van der Waals surface area contributed by atoms with E-state index in [9.17, 15) is 4.79 Å². The number of benzene rings is 1. The van der Waals surface area contributed by atoms with Crippen molar-refractivity contribution in [2.45, 2.75) is 33.1 Å². The van der Waals surface area contributed by atoms with Crippen LogP contribution in [0.4, 0.5) is 11.4 Å². The van der Waals surface area contributed by atoms with Crippen LogP contribution in [-0.2, 0) is 0 Å². The Morgan fingerprint density at radius 2 is 2.09 bits per heavy atom. The first-order valence-electron chi connectivity index (χ1n) is 11.9. The van der Waals surface area contributed by atoms with Crippen molar-refractivity contribution < 1.29 is 9.32 Å². The Hall–Kier alpha value is -3.37. The molecule has 0 saturated carbocycles. The first-order valence-corrected chi connectivity index (χ1v) is 12.8. The SMILES string of the molecule is CCCSN1CC(c2nc(-c3ccc(C)c(NC(=O)c4cnc5cc(NCC)ccn45)c3)no2)C1. The van der Waals surface area contributed by atoms with Crippen molar-refractivity contribution in [3.8, 4) is 11.4 Å². The molecule has 0 unspecified atom stereocenters. The second-order valence-corrected chi connectivity index (χ2v) is 9.82. The molecule has 1 aromatic carbocycles. The van der Waals surface area contributed by atoms with Crippen molar-refractivity contribution >= 4 is 34.9 Å². The molecule has 5 rings (SSSR count). The lowest BCUT2D eigenvalue weighted by Crippen LogP contribution is -2.40. The molecule has 1 saturated heterocycles. The first kappa shape index (κ1) is 23.4. The number of anilines is 2. The van der Waals surface area contributed by atoms with E-state index in [0.29, 0.717) is 28.7 Å². The zero-order valence-corrected chi connectivity index (χ0v) is 20.9. The Morgan fingerprint density at radius 3 is 2.89 bits per heavy atom. The maximum Gasteiger partial charge on any atom is 0.274 e. The number of rotatable bonds is 9. The minimum Gasteiger partial charge on any atom is -0.385 e. The highest BCUT2D eigenvalue weighted by atomic mass is 32.2. The zero-order valence-electron chi connectivity index (χ0n) is 20.1. The number of hydrogen-bond donors (Lipinski definition) is 2. The molecule has 0 bridgehead atoms. The summed E-state index contributed by atoms with van der Waals surface area (Å²) in [6.07, 6.45) is 4.60. The van der Waals surface area contributed by atoms with Crippen LogP contribution in [0, 0.1) is 6.92 Å². The molecule has 0 spiro atoms. The maximum atomic E-state index is 13.1. The summed E-state index contributed by atoms with van der Waals surface area (Å²) in [5.41, 5.74) is 4.58. The van der Waals surface area contributed by atoms with Crippen molar-refractivity contribution in [2.75, 3.05) is 36.0 Å². The van der Waals surface area contributed by atoms with Gasteiger partial charge in [0.05, 0.1) is 12.1 Å². The van der Waals surface area contributed by atoms with Gasteiger partial charge in [-0.05, 0) is 38.0 Å². The fourth-order valence-corrected chi connectivity index (χ4v) is 4.99. The van der Waals surface area contributed by atoms with Gasteiger partial charge in [0.2, 0.25) is 11.7 Å². The van der Waals surface area contributed by atoms with E-state index in [1.165, 1.54) is 0 Å². The summed E-state index contributed by atoms with van der Waals surface area (Å²) in [6.45, 7) is 8.85. The minimum atomic E-state index is -0.234.